The average molecular weight is 212 g/mol. The van der Waals surface area contributed by atoms with Crippen LogP contribution in [0.1, 0.15) is 67.7 Å². The Balaban J connectivity index is 4.44. The van der Waals surface area contributed by atoms with Crippen LogP contribution in [0.25, 0.3) is 0 Å². The Morgan fingerprint density at radius 1 is 0.667 bits per heavy atom. The lowest BCUT2D eigenvalue weighted by molar-refractivity contribution is 0.146. The van der Waals surface area contributed by atoms with Crippen molar-refractivity contribution in [3.63, 3.8) is 0 Å². The van der Waals surface area contributed by atoms with Crippen LogP contribution in [0.2, 0.25) is 0 Å². The van der Waals surface area contributed by atoms with Crippen molar-refractivity contribution in [1.29, 1.82) is 0 Å². The highest BCUT2D eigenvalue weighted by Gasteiger charge is 2.27. The van der Waals surface area contributed by atoms with Gasteiger partial charge in [-0.3, -0.25) is 0 Å². The van der Waals surface area contributed by atoms with Gasteiger partial charge in [0, 0.05) is 0 Å². The second-order valence-corrected chi connectivity index (χ2v) is 5.61. The van der Waals surface area contributed by atoms with Crippen molar-refractivity contribution in [2.75, 3.05) is 0 Å². The smallest absolute Gasteiger partial charge is 0.0365 e. The Labute approximate surface area is 97.8 Å². The first-order chi connectivity index (χ1) is 6.99. The van der Waals surface area contributed by atoms with E-state index in [-0.39, 0.29) is 0 Å². The third-order valence-electron chi connectivity index (χ3n) is 4.62. The highest BCUT2D eigenvalue weighted by atomic mass is 14.3. The molecule has 0 heterocycles. The van der Waals surface area contributed by atoms with E-state index in [4.69, 9.17) is 0 Å². The molecule has 0 fully saturated rings. The molecule has 0 saturated carbocycles. The molecule has 0 heteroatoms. The number of hydrogen-bond donors (Lipinski definition) is 0. The lowest BCUT2D eigenvalue weighted by Gasteiger charge is -2.35. The van der Waals surface area contributed by atoms with Gasteiger partial charge in [-0.2, -0.15) is 0 Å². The molecule has 3 unspecified atom stereocenters. The van der Waals surface area contributed by atoms with E-state index >= 15 is 0 Å². The van der Waals surface area contributed by atoms with Crippen molar-refractivity contribution < 1.29 is 0 Å². The molecule has 0 aliphatic rings. The number of hydrogen-bond acceptors (Lipinski definition) is 0. The summed E-state index contributed by atoms with van der Waals surface area (Å²) in [7, 11) is 0. The zero-order valence-electron chi connectivity index (χ0n) is 12.0. The van der Waals surface area contributed by atoms with Crippen molar-refractivity contribution >= 4 is 0 Å². The molecule has 0 N–H and O–H groups in total. The van der Waals surface area contributed by atoms with Crippen LogP contribution < -0.4 is 0 Å². The largest absolute Gasteiger partial charge is 0.0651 e. The summed E-state index contributed by atoms with van der Waals surface area (Å²) in [6, 6.07) is 0. The summed E-state index contributed by atoms with van der Waals surface area (Å²) in [5.74, 6) is 4.42. The molecule has 92 valence electrons. The fourth-order valence-corrected chi connectivity index (χ4v) is 3.30. The van der Waals surface area contributed by atoms with Gasteiger partial charge in [-0.1, -0.05) is 67.7 Å². The first-order valence-electron chi connectivity index (χ1n) is 6.99. The van der Waals surface area contributed by atoms with Crippen molar-refractivity contribution in [1.82, 2.24) is 0 Å². The summed E-state index contributed by atoms with van der Waals surface area (Å²) in [6.45, 7) is 16.7. The highest BCUT2D eigenvalue weighted by Crippen LogP contribution is 2.35. The Bertz CT molecular complexity index is 144. The Kier molecular flexibility index (Phi) is 7.30. The third-order valence-corrected chi connectivity index (χ3v) is 4.62. The Morgan fingerprint density at radius 2 is 1.13 bits per heavy atom. The van der Waals surface area contributed by atoms with Gasteiger partial charge in [0.1, 0.15) is 0 Å². The second-order valence-electron chi connectivity index (χ2n) is 5.61. The van der Waals surface area contributed by atoms with Gasteiger partial charge in [-0.25, -0.2) is 0 Å². The van der Waals surface area contributed by atoms with Gasteiger partial charge in [-0.05, 0) is 29.6 Å². The molecule has 0 aromatic rings. The lowest BCUT2D eigenvalue weighted by Crippen LogP contribution is -2.27. The van der Waals surface area contributed by atoms with Crippen LogP contribution in [-0.2, 0) is 0 Å². The summed E-state index contributed by atoms with van der Waals surface area (Å²) in [5.41, 5.74) is 0. The summed E-state index contributed by atoms with van der Waals surface area (Å²) in [5, 5.41) is 0. The summed E-state index contributed by atoms with van der Waals surface area (Å²) in [4.78, 5) is 0. The van der Waals surface area contributed by atoms with Crippen LogP contribution in [0.3, 0.4) is 0 Å². The molecule has 0 saturated heterocycles. The second kappa shape index (κ2) is 7.30. The van der Waals surface area contributed by atoms with Gasteiger partial charge in [0.05, 0.1) is 0 Å². The first kappa shape index (κ1) is 15.0. The minimum atomic E-state index is 0.835. The summed E-state index contributed by atoms with van der Waals surface area (Å²) in [6.07, 6.45) is 4.02. The van der Waals surface area contributed by atoms with E-state index in [1.54, 1.807) is 0 Å². The van der Waals surface area contributed by atoms with E-state index in [9.17, 15) is 0 Å². The molecule has 0 amide bonds. The molecule has 3 atom stereocenters. The molecule has 0 aliphatic carbocycles. The maximum Gasteiger partial charge on any atom is -0.0365 e. The minimum absolute atomic E-state index is 0.835. The Hall–Kier alpha value is 0. The minimum Gasteiger partial charge on any atom is -0.0651 e. The molecule has 0 aromatic carbocycles. The zero-order valence-corrected chi connectivity index (χ0v) is 12.0. The SMILES string of the molecule is CCC(CC)C(C)C(C)C(CC)C(C)C. The summed E-state index contributed by atoms with van der Waals surface area (Å²) >= 11 is 0. The van der Waals surface area contributed by atoms with E-state index < -0.39 is 0 Å². The molecule has 0 aliphatic heterocycles. The molecule has 15 heavy (non-hydrogen) atoms. The molecular formula is C15H32. The van der Waals surface area contributed by atoms with Crippen molar-refractivity contribution in [3.8, 4) is 0 Å². The normalized spacial score (nSPS) is 18.2. The van der Waals surface area contributed by atoms with Crippen LogP contribution in [0, 0.1) is 29.6 Å². The predicted molar refractivity (Wildman–Crippen MR) is 71.0 cm³/mol. The van der Waals surface area contributed by atoms with Gasteiger partial charge < -0.3 is 0 Å². The molecular weight excluding hydrogens is 180 g/mol. The molecule has 0 radical (unpaired) electrons. The molecule has 0 aromatic heterocycles. The first-order valence-corrected chi connectivity index (χ1v) is 6.99. The van der Waals surface area contributed by atoms with Crippen LogP contribution in [-0.4, -0.2) is 0 Å². The van der Waals surface area contributed by atoms with Crippen LogP contribution in [0.5, 0.6) is 0 Å². The predicted octanol–water partition coefficient (Wildman–Crippen LogP) is 5.38. The van der Waals surface area contributed by atoms with Crippen molar-refractivity contribution in [2.45, 2.75) is 67.7 Å². The molecule has 0 rings (SSSR count). The molecule has 0 bridgehead atoms. The van der Waals surface area contributed by atoms with Crippen molar-refractivity contribution in [2.24, 2.45) is 29.6 Å². The average Bonchev–Trinajstić information content (AvgIpc) is 2.19. The van der Waals surface area contributed by atoms with Crippen molar-refractivity contribution in [3.05, 3.63) is 0 Å². The lowest BCUT2D eigenvalue weighted by atomic mass is 9.71. The third kappa shape index (κ3) is 4.17. The van der Waals surface area contributed by atoms with E-state index in [0.29, 0.717) is 0 Å². The maximum atomic E-state index is 2.47. The number of rotatable bonds is 7. The standard InChI is InChI=1S/C15H32/c1-8-14(9-2)12(6)13(7)15(10-3)11(4)5/h11-15H,8-10H2,1-7H3. The van der Waals surface area contributed by atoms with E-state index in [1.165, 1.54) is 19.3 Å². The zero-order chi connectivity index (χ0) is 12.0. The highest BCUT2D eigenvalue weighted by molar-refractivity contribution is 4.76. The van der Waals surface area contributed by atoms with Crippen LogP contribution >= 0.6 is 0 Å². The van der Waals surface area contributed by atoms with E-state index in [1.807, 2.05) is 0 Å². The van der Waals surface area contributed by atoms with Gasteiger partial charge in [0.15, 0.2) is 0 Å². The Morgan fingerprint density at radius 3 is 1.40 bits per heavy atom. The topological polar surface area (TPSA) is 0 Å². The monoisotopic (exact) mass is 212 g/mol. The van der Waals surface area contributed by atoms with Crippen LogP contribution in [0.15, 0.2) is 0 Å². The van der Waals surface area contributed by atoms with Crippen LogP contribution in [0.4, 0.5) is 0 Å². The maximum absolute atomic E-state index is 2.47. The quantitative estimate of drug-likeness (QED) is 0.531. The van der Waals surface area contributed by atoms with Gasteiger partial charge in [-0.15, -0.1) is 0 Å². The van der Waals surface area contributed by atoms with E-state index in [0.717, 1.165) is 29.6 Å². The molecule has 0 nitrogen and oxygen atoms in total. The van der Waals surface area contributed by atoms with E-state index in [2.05, 4.69) is 48.5 Å². The fraction of sp³-hybridized carbons (Fsp3) is 1.00. The van der Waals surface area contributed by atoms with Gasteiger partial charge in [0.25, 0.3) is 0 Å². The van der Waals surface area contributed by atoms with Gasteiger partial charge >= 0.3 is 0 Å². The summed E-state index contributed by atoms with van der Waals surface area (Å²) < 4.78 is 0. The van der Waals surface area contributed by atoms with Gasteiger partial charge in [0.2, 0.25) is 0 Å². The molecule has 0 spiro atoms. The fourth-order valence-electron chi connectivity index (χ4n) is 3.30.